The highest BCUT2D eigenvalue weighted by molar-refractivity contribution is 5.90. The molecule has 53 heavy (non-hydrogen) atoms. The maximum atomic E-state index is 15.3. The van der Waals surface area contributed by atoms with Crippen molar-refractivity contribution in [1.29, 1.82) is 5.26 Å². The maximum absolute atomic E-state index is 15.3. The van der Waals surface area contributed by atoms with Crippen LogP contribution < -0.4 is 10.2 Å². The van der Waals surface area contributed by atoms with Gasteiger partial charge in [-0.1, -0.05) is 72.1 Å². The third-order valence-corrected chi connectivity index (χ3v) is 11.1. The molecular weight excluding hydrogens is 671 g/mol. The number of benzene rings is 1. The Morgan fingerprint density at radius 3 is 2.42 bits per heavy atom. The fourth-order valence-corrected chi connectivity index (χ4v) is 7.61. The van der Waals surface area contributed by atoms with Gasteiger partial charge in [0.15, 0.2) is 0 Å². The van der Waals surface area contributed by atoms with Gasteiger partial charge in [-0.3, -0.25) is 4.68 Å². The second kappa shape index (κ2) is 17.5. The number of nitrogens with zero attached hydrogens (tertiary/aromatic N) is 7. The Morgan fingerprint density at radius 2 is 1.72 bits per heavy atom. The molecule has 0 unspecified atom stereocenters. The summed E-state index contributed by atoms with van der Waals surface area (Å²) in [7, 11) is 0. The van der Waals surface area contributed by atoms with Gasteiger partial charge in [0, 0.05) is 67.3 Å². The van der Waals surface area contributed by atoms with Crippen LogP contribution in [0.3, 0.4) is 0 Å². The molecule has 1 aromatic carbocycles. The first-order chi connectivity index (χ1) is 25.6. The van der Waals surface area contributed by atoms with Crippen LogP contribution in [0.4, 0.5) is 14.5 Å². The SMILES string of the molecule is C[C@@H](NCc1cc(F)c(N2CC(CC#N)(n3cc(-c4ncnc5c4ccn5COCCCCCCCCCCCC(C)(C)C)cn3)C2)cc1F)C1CC1. The zero-order valence-corrected chi connectivity index (χ0v) is 32.2. The Balaban J connectivity index is 0.982. The molecule has 11 heteroatoms. The van der Waals surface area contributed by atoms with E-state index in [4.69, 9.17) is 4.74 Å². The minimum absolute atomic E-state index is 0.181. The molecule has 1 aliphatic heterocycles. The Bertz CT molecular complexity index is 1830. The summed E-state index contributed by atoms with van der Waals surface area (Å²) < 4.78 is 40.2. The quantitative estimate of drug-likeness (QED) is 0.0854. The summed E-state index contributed by atoms with van der Waals surface area (Å²) in [6.07, 6.45) is 22.6. The van der Waals surface area contributed by atoms with Gasteiger partial charge in [0.1, 0.15) is 35.9 Å². The lowest BCUT2D eigenvalue weighted by atomic mass is 9.86. The van der Waals surface area contributed by atoms with E-state index in [0.717, 1.165) is 28.7 Å². The summed E-state index contributed by atoms with van der Waals surface area (Å²) in [5.74, 6) is -0.267. The monoisotopic (exact) mass is 728 g/mol. The van der Waals surface area contributed by atoms with Crippen molar-refractivity contribution in [3.8, 4) is 17.3 Å². The predicted octanol–water partition coefficient (Wildman–Crippen LogP) is 9.51. The number of nitrogens with one attached hydrogen (secondary N) is 1. The average molecular weight is 729 g/mol. The highest BCUT2D eigenvalue weighted by Gasteiger charge is 2.46. The number of rotatable bonds is 21. The van der Waals surface area contributed by atoms with E-state index in [1.807, 2.05) is 23.0 Å². The minimum Gasteiger partial charge on any atom is -0.364 e. The van der Waals surface area contributed by atoms with E-state index in [1.54, 1.807) is 22.1 Å². The van der Waals surface area contributed by atoms with Gasteiger partial charge in [-0.25, -0.2) is 18.7 Å². The molecule has 6 rings (SSSR count). The van der Waals surface area contributed by atoms with E-state index in [1.165, 1.54) is 82.8 Å². The van der Waals surface area contributed by atoms with Crippen molar-refractivity contribution >= 4 is 16.7 Å². The van der Waals surface area contributed by atoms with E-state index < -0.39 is 17.2 Å². The van der Waals surface area contributed by atoms with Gasteiger partial charge >= 0.3 is 0 Å². The van der Waals surface area contributed by atoms with Crippen molar-refractivity contribution in [3.63, 3.8) is 0 Å². The van der Waals surface area contributed by atoms with Crippen LogP contribution in [0.5, 0.6) is 0 Å². The highest BCUT2D eigenvalue weighted by atomic mass is 19.1. The molecule has 0 spiro atoms. The van der Waals surface area contributed by atoms with Gasteiger partial charge in [-0.05, 0) is 56.1 Å². The zero-order chi connectivity index (χ0) is 37.4. The Kier molecular flexibility index (Phi) is 12.8. The molecule has 0 radical (unpaired) electrons. The van der Waals surface area contributed by atoms with Crippen molar-refractivity contribution < 1.29 is 13.5 Å². The van der Waals surface area contributed by atoms with Gasteiger partial charge in [-0.15, -0.1) is 0 Å². The Hall–Kier alpha value is -3.88. The van der Waals surface area contributed by atoms with Crippen molar-refractivity contribution in [3.05, 3.63) is 60.3 Å². The van der Waals surface area contributed by atoms with Crippen LogP contribution in [0, 0.1) is 34.3 Å². The van der Waals surface area contributed by atoms with Crippen molar-refractivity contribution in [2.75, 3.05) is 24.6 Å². The molecule has 1 aliphatic carbocycles. The van der Waals surface area contributed by atoms with Gasteiger partial charge in [-0.2, -0.15) is 10.4 Å². The first-order valence-electron chi connectivity index (χ1n) is 19.8. The molecule has 0 amide bonds. The second-order valence-electron chi connectivity index (χ2n) is 16.8. The molecule has 2 fully saturated rings. The van der Waals surface area contributed by atoms with Gasteiger partial charge in [0.05, 0.1) is 30.1 Å². The van der Waals surface area contributed by atoms with E-state index in [0.29, 0.717) is 49.9 Å². The van der Waals surface area contributed by atoms with Crippen LogP contribution in [-0.4, -0.2) is 50.1 Å². The normalized spacial score (nSPS) is 16.2. The second-order valence-corrected chi connectivity index (χ2v) is 16.8. The molecule has 1 N–H and O–H groups in total. The summed E-state index contributed by atoms with van der Waals surface area (Å²) in [6.45, 7) is 11.2. The summed E-state index contributed by atoms with van der Waals surface area (Å²) in [5, 5.41) is 18.6. The summed E-state index contributed by atoms with van der Waals surface area (Å²) in [4.78, 5) is 10.9. The summed E-state index contributed by atoms with van der Waals surface area (Å²) >= 11 is 0. The summed E-state index contributed by atoms with van der Waals surface area (Å²) in [6, 6.07) is 7.14. The van der Waals surface area contributed by atoms with Crippen LogP contribution >= 0.6 is 0 Å². The molecular formula is C42H58F2N8O. The van der Waals surface area contributed by atoms with Crippen molar-refractivity contribution in [1.82, 2.24) is 29.6 Å². The van der Waals surface area contributed by atoms with Crippen LogP contribution in [0.1, 0.15) is 117 Å². The van der Waals surface area contributed by atoms with E-state index in [2.05, 4.69) is 54.1 Å². The average Bonchev–Trinajstić information content (AvgIpc) is 3.71. The van der Waals surface area contributed by atoms with Gasteiger partial charge < -0.3 is 19.5 Å². The number of hydrogen-bond donors (Lipinski definition) is 1. The first kappa shape index (κ1) is 38.8. The van der Waals surface area contributed by atoms with E-state index in [-0.39, 0.29) is 18.2 Å². The number of fused-ring (bicyclic) bond motifs is 1. The lowest BCUT2D eigenvalue weighted by Gasteiger charge is -2.50. The lowest BCUT2D eigenvalue weighted by molar-refractivity contribution is 0.0763. The lowest BCUT2D eigenvalue weighted by Crippen LogP contribution is -2.63. The highest BCUT2D eigenvalue weighted by Crippen LogP contribution is 2.39. The molecule has 2 aliphatic rings. The number of ether oxygens (including phenoxy) is 1. The third kappa shape index (κ3) is 10.0. The van der Waals surface area contributed by atoms with Crippen LogP contribution in [0.15, 0.2) is 43.1 Å². The van der Waals surface area contributed by atoms with Crippen molar-refractivity contribution in [2.24, 2.45) is 11.3 Å². The third-order valence-electron chi connectivity index (χ3n) is 11.1. The zero-order valence-electron chi connectivity index (χ0n) is 32.2. The molecule has 286 valence electrons. The Morgan fingerprint density at radius 1 is 1.00 bits per heavy atom. The first-order valence-corrected chi connectivity index (χ1v) is 19.8. The largest absolute Gasteiger partial charge is 0.364 e. The number of nitriles is 1. The molecule has 0 bridgehead atoms. The number of unbranched alkanes of at least 4 members (excludes halogenated alkanes) is 8. The molecule has 1 saturated carbocycles. The van der Waals surface area contributed by atoms with Crippen LogP contribution in [0.2, 0.25) is 0 Å². The standard InChI is InChI=1S/C42H58F2N8O/c1-31(32-14-15-32)46-24-33-22-37(44)38(23-36(33)43)51-27-42(28-51,18-19-45)52-26-34(25-49-52)39-35-16-20-50(40(35)48-29-47-39)30-53-21-13-11-9-7-5-6-8-10-12-17-41(2,3)4/h16,20,22-23,25-26,29,31-32,46H,5-15,17-18,21,24,27-28,30H2,1-4H3/t31-/m1/s1. The molecule has 1 saturated heterocycles. The van der Waals surface area contributed by atoms with Gasteiger partial charge in [0.2, 0.25) is 0 Å². The molecule has 4 heterocycles. The number of hydrogen-bond acceptors (Lipinski definition) is 7. The number of anilines is 1. The van der Waals surface area contributed by atoms with Crippen molar-refractivity contribution in [2.45, 2.75) is 136 Å². The Labute approximate surface area is 314 Å². The fourth-order valence-electron chi connectivity index (χ4n) is 7.61. The minimum atomic E-state index is -0.673. The summed E-state index contributed by atoms with van der Waals surface area (Å²) in [5.41, 5.74) is 2.63. The van der Waals surface area contributed by atoms with Gasteiger partial charge in [0.25, 0.3) is 0 Å². The van der Waals surface area contributed by atoms with Crippen LogP contribution in [0.25, 0.3) is 22.3 Å². The number of aromatic nitrogens is 5. The number of halogens is 2. The molecule has 3 aromatic heterocycles. The molecule has 9 nitrogen and oxygen atoms in total. The molecule has 4 aromatic rings. The predicted molar refractivity (Wildman–Crippen MR) is 206 cm³/mol. The van der Waals surface area contributed by atoms with E-state index in [9.17, 15) is 5.26 Å². The van der Waals surface area contributed by atoms with E-state index >= 15 is 8.78 Å². The van der Waals surface area contributed by atoms with Crippen LogP contribution in [-0.2, 0) is 23.6 Å². The topological polar surface area (TPSA) is 96.8 Å². The molecule has 1 atom stereocenters. The smallest absolute Gasteiger partial charge is 0.147 e. The fraction of sp³-hybridized carbons (Fsp3) is 0.619. The maximum Gasteiger partial charge on any atom is 0.147 e.